The van der Waals surface area contributed by atoms with Crippen molar-refractivity contribution in [3.63, 3.8) is 0 Å². The lowest BCUT2D eigenvalue weighted by molar-refractivity contribution is 0.0926. The van der Waals surface area contributed by atoms with Crippen molar-refractivity contribution in [2.75, 3.05) is 42.8 Å². The molecule has 0 saturated carbocycles. The molecule has 1 unspecified atom stereocenters. The Morgan fingerprint density at radius 3 is 2.33 bits per heavy atom. The van der Waals surface area contributed by atoms with E-state index in [0.29, 0.717) is 41.3 Å². The van der Waals surface area contributed by atoms with Gasteiger partial charge in [-0.15, -0.1) is 0 Å². The molecular formula is C36H35F2N9O4S. The van der Waals surface area contributed by atoms with Crippen LogP contribution in [0.25, 0.3) is 11.1 Å². The quantitative estimate of drug-likeness (QED) is 0.0755. The van der Waals surface area contributed by atoms with Gasteiger partial charge in [0, 0.05) is 74.5 Å². The zero-order chi connectivity index (χ0) is 37.2. The number of amides is 3. The molecule has 52 heavy (non-hydrogen) atoms. The van der Waals surface area contributed by atoms with Gasteiger partial charge in [0.2, 0.25) is 0 Å². The summed E-state index contributed by atoms with van der Waals surface area (Å²) < 4.78 is 38.0. The third kappa shape index (κ3) is 9.08. The smallest absolute Gasteiger partial charge is 0.329 e. The number of pyridine rings is 2. The van der Waals surface area contributed by atoms with E-state index in [0.717, 1.165) is 40.1 Å². The molecule has 3 heterocycles. The molecule has 13 nitrogen and oxygen atoms in total. The van der Waals surface area contributed by atoms with Crippen LogP contribution in [0.4, 0.5) is 30.8 Å². The summed E-state index contributed by atoms with van der Waals surface area (Å²) in [6.07, 6.45) is 8.06. The second-order valence-electron chi connectivity index (χ2n) is 11.4. The van der Waals surface area contributed by atoms with Crippen LogP contribution in [-0.2, 0) is 17.8 Å². The number of benzene rings is 2. The highest BCUT2D eigenvalue weighted by Crippen LogP contribution is 2.28. The van der Waals surface area contributed by atoms with E-state index in [1.165, 1.54) is 41.5 Å². The molecule has 0 aliphatic rings. The van der Waals surface area contributed by atoms with Crippen LogP contribution in [0, 0.1) is 11.6 Å². The zero-order valence-electron chi connectivity index (χ0n) is 28.6. The van der Waals surface area contributed by atoms with Crippen molar-refractivity contribution < 1.29 is 27.9 Å². The first kappa shape index (κ1) is 37.4. The fraction of sp³-hybridized carbons (Fsp3) is 0.194. The monoisotopic (exact) mass is 727 g/mol. The topological polar surface area (TPSA) is 155 Å². The van der Waals surface area contributed by atoms with Gasteiger partial charge in [0.1, 0.15) is 24.1 Å². The SMILES string of the molecule is CNC(Cc1ccc(N(C)C(=O)N(C)c2cnccc2C=O)nc1)NC(=O)c1cc(F)c(NSc2ccc(-c3cnc(COC)nc3)cc2)cc1F. The van der Waals surface area contributed by atoms with E-state index in [4.69, 9.17) is 4.74 Å². The Morgan fingerprint density at radius 1 is 0.923 bits per heavy atom. The number of halogens is 2. The molecule has 5 rings (SSSR count). The molecule has 2 aromatic carbocycles. The fourth-order valence-electron chi connectivity index (χ4n) is 4.97. The Morgan fingerprint density at radius 2 is 1.67 bits per heavy atom. The van der Waals surface area contributed by atoms with E-state index < -0.39 is 35.3 Å². The number of urea groups is 1. The summed E-state index contributed by atoms with van der Waals surface area (Å²) in [6, 6.07) is 13.6. The number of aromatic nitrogens is 4. The van der Waals surface area contributed by atoms with Crippen molar-refractivity contribution in [2.45, 2.75) is 24.1 Å². The van der Waals surface area contributed by atoms with Gasteiger partial charge in [-0.05, 0) is 60.5 Å². The second-order valence-corrected chi connectivity index (χ2v) is 12.2. The van der Waals surface area contributed by atoms with Gasteiger partial charge < -0.3 is 20.1 Å². The molecule has 0 aliphatic carbocycles. The minimum Gasteiger partial charge on any atom is -0.377 e. The highest BCUT2D eigenvalue weighted by atomic mass is 32.2. The molecule has 3 aromatic heterocycles. The van der Waals surface area contributed by atoms with Gasteiger partial charge in [0.05, 0.1) is 29.3 Å². The minimum atomic E-state index is -0.903. The van der Waals surface area contributed by atoms with Crippen molar-refractivity contribution in [3.8, 4) is 11.1 Å². The molecule has 0 spiro atoms. The summed E-state index contributed by atoms with van der Waals surface area (Å²) in [4.78, 5) is 57.7. The predicted molar refractivity (Wildman–Crippen MR) is 194 cm³/mol. The number of methoxy groups -OCH3 is 1. The van der Waals surface area contributed by atoms with Gasteiger partial charge in [-0.2, -0.15) is 0 Å². The standard InChI is InChI=1S/C36H35F2N9O4S/c1-39-32(13-22-5-10-34(43-16-22)47(3)36(50)46(2)31-19-40-12-11-24(31)20-48)44-35(49)27-14-29(38)30(15-28(27)37)45-52-26-8-6-23(7-9-26)25-17-41-33(21-51-4)42-18-25/h5-12,14-20,32,39,45H,13,21H2,1-4H3,(H,44,49). The number of likely N-dealkylation sites (N-methyl/N-ethyl adjacent to an activating group) is 1. The number of hydrogen-bond donors (Lipinski definition) is 3. The number of carbonyl (C=O) groups is 3. The minimum absolute atomic E-state index is 0.124. The van der Waals surface area contributed by atoms with Gasteiger partial charge in [-0.25, -0.2) is 28.5 Å². The average molecular weight is 728 g/mol. The second kappa shape index (κ2) is 17.4. The molecule has 3 N–H and O–H groups in total. The van der Waals surface area contributed by atoms with Crippen LogP contribution in [0.3, 0.4) is 0 Å². The van der Waals surface area contributed by atoms with Crippen molar-refractivity contribution in [1.29, 1.82) is 0 Å². The number of nitrogens with one attached hydrogen (secondary N) is 3. The number of ether oxygens (including phenoxy) is 1. The van der Waals surface area contributed by atoms with Crippen molar-refractivity contribution in [2.24, 2.45) is 0 Å². The van der Waals surface area contributed by atoms with Gasteiger partial charge >= 0.3 is 6.03 Å². The maximum Gasteiger partial charge on any atom is 0.329 e. The molecule has 0 bridgehead atoms. The van der Waals surface area contributed by atoms with Gasteiger partial charge in [0.15, 0.2) is 12.1 Å². The maximum absolute atomic E-state index is 15.1. The van der Waals surface area contributed by atoms with Gasteiger partial charge in [-0.3, -0.25) is 24.4 Å². The third-order valence-electron chi connectivity index (χ3n) is 7.89. The number of aldehydes is 1. The van der Waals surface area contributed by atoms with Crippen molar-refractivity contribution in [1.82, 2.24) is 30.6 Å². The van der Waals surface area contributed by atoms with Crippen LogP contribution in [0.5, 0.6) is 0 Å². The molecule has 3 amide bonds. The predicted octanol–water partition coefficient (Wildman–Crippen LogP) is 5.50. The summed E-state index contributed by atoms with van der Waals surface area (Å²) >= 11 is 1.08. The number of anilines is 3. The Balaban J connectivity index is 1.16. The normalized spacial score (nSPS) is 11.4. The summed E-state index contributed by atoms with van der Waals surface area (Å²) in [6.45, 7) is 0.319. The van der Waals surface area contributed by atoms with Crippen molar-refractivity contribution >= 4 is 47.4 Å². The Kier molecular flexibility index (Phi) is 12.5. The summed E-state index contributed by atoms with van der Waals surface area (Å²) in [5.74, 6) is -1.61. The maximum atomic E-state index is 15.1. The number of rotatable bonds is 14. The first-order valence-electron chi connectivity index (χ1n) is 15.8. The van der Waals surface area contributed by atoms with Gasteiger partial charge in [0.25, 0.3) is 5.91 Å². The third-order valence-corrected chi connectivity index (χ3v) is 8.72. The lowest BCUT2D eigenvalue weighted by Crippen LogP contribution is -2.45. The van der Waals surface area contributed by atoms with E-state index in [1.807, 2.05) is 24.3 Å². The Labute approximate surface area is 303 Å². The summed E-state index contributed by atoms with van der Waals surface area (Å²) in [7, 11) is 6.25. The molecule has 5 aromatic rings. The van der Waals surface area contributed by atoms with Crippen molar-refractivity contribution in [3.05, 3.63) is 120 Å². The van der Waals surface area contributed by atoms with Crippen LogP contribution < -0.4 is 25.2 Å². The highest BCUT2D eigenvalue weighted by Gasteiger charge is 2.22. The molecule has 268 valence electrons. The number of nitrogens with zero attached hydrogens (tertiary/aromatic N) is 6. The Hall–Kier alpha value is -5.84. The van der Waals surface area contributed by atoms with Crippen LogP contribution >= 0.6 is 11.9 Å². The Bertz CT molecular complexity index is 2020. The van der Waals surface area contributed by atoms with Crippen LogP contribution in [0.15, 0.2) is 90.5 Å². The van der Waals surface area contributed by atoms with E-state index in [9.17, 15) is 14.4 Å². The van der Waals surface area contributed by atoms with E-state index in [2.05, 4.69) is 35.3 Å². The number of hydrogen-bond acceptors (Lipinski definition) is 11. The van der Waals surface area contributed by atoms with Gasteiger partial charge in [-0.1, -0.05) is 18.2 Å². The van der Waals surface area contributed by atoms with Crippen LogP contribution in [0.1, 0.15) is 32.1 Å². The lowest BCUT2D eigenvalue weighted by Gasteiger charge is -2.25. The van der Waals surface area contributed by atoms with E-state index in [1.54, 1.807) is 45.7 Å². The van der Waals surface area contributed by atoms with Crippen LogP contribution in [-0.4, -0.2) is 72.6 Å². The van der Waals surface area contributed by atoms with E-state index >= 15 is 8.78 Å². The molecule has 1 atom stereocenters. The molecule has 0 fully saturated rings. The lowest BCUT2D eigenvalue weighted by atomic mass is 10.1. The van der Waals surface area contributed by atoms with Crippen LogP contribution in [0.2, 0.25) is 0 Å². The summed E-state index contributed by atoms with van der Waals surface area (Å²) in [5.41, 5.74) is 2.47. The fourth-order valence-corrected chi connectivity index (χ4v) is 5.63. The van der Waals surface area contributed by atoms with E-state index in [-0.39, 0.29) is 12.1 Å². The average Bonchev–Trinajstić information content (AvgIpc) is 3.17. The zero-order valence-corrected chi connectivity index (χ0v) is 29.4. The molecule has 16 heteroatoms. The highest BCUT2D eigenvalue weighted by molar-refractivity contribution is 8.00. The first-order chi connectivity index (χ1) is 25.1. The first-order valence-corrected chi connectivity index (χ1v) is 16.6. The molecule has 0 aliphatic heterocycles. The largest absolute Gasteiger partial charge is 0.377 e. The molecule has 0 saturated heterocycles. The summed E-state index contributed by atoms with van der Waals surface area (Å²) in [5, 5.41) is 5.62. The molecule has 0 radical (unpaired) electrons. The number of carbonyl (C=O) groups excluding carboxylic acids is 3. The molecular weight excluding hydrogens is 693 g/mol.